The molecule has 0 aliphatic carbocycles. The summed E-state index contributed by atoms with van der Waals surface area (Å²) >= 11 is 0. The summed E-state index contributed by atoms with van der Waals surface area (Å²) in [6.45, 7) is 0. The van der Waals surface area contributed by atoms with Gasteiger partial charge in [0.05, 0.1) is 13.0 Å². The second-order valence-electron chi connectivity index (χ2n) is 5.56. The van der Waals surface area contributed by atoms with Gasteiger partial charge in [0.1, 0.15) is 6.04 Å². The molecule has 0 aromatic heterocycles. The Labute approximate surface area is 118 Å². The molecule has 2 unspecified atom stereocenters. The van der Waals surface area contributed by atoms with E-state index in [1.54, 1.807) is 4.90 Å². The normalized spacial score (nSPS) is 29.1. The molecule has 2 fully saturated rings. The van der Waals surface area contributed by atoms with Crippen LogP contribution < -0.4 is 0 Å². The standard InChI is InChI=1S/C16H19NO3/c1-20-16(19)14-10-8-12-7-9-13(15(18)17(12)14)11-5-3-2-4-6-11/h2-6,12-14H,7-10H2,1H3/t12-,13?,14?/m0/s1. The van der Waals surface area contributed by atoms with E-state index in [2.05, 4.69) is 0 Å². The van der Waals surface area contributed by atoms with Crippen molar-refractivity contribution in [3.8, 4) is 0 Å². The summed E-state index contributed by atoms with van der Waals surface area (Å²) in [6.07, 6.45) is 3.48. The minimum absolute atomic E-state index is 0.0837. The maximum Gasteiger partial charge on any atom is 0.328 e. The Morgan fingerprint density at radius 1 is 1.15 bits per heavy atom. The van der Waals surface area contributed by atoms with Crippen molar-refractivity contribution in [1.29, 1.82) is 0 Å². The first-order valence-corrected chi connectivity index (χ1v) is 7.17. The van der Waals surface area contributed by atoms with Crippen molar-refractivity contribution in [2.24, 2.45) is 0 Å². The number of benzene rings is 1. The number of hydrogen-bond acceptors (Lipinski definition) is 3. The van der Waals surface area contributed by atoms with E-state index < -0.39 is 0 Å². The third-order valence-electron chi connectivity index (χ3n) is 4.52. The van der Waals surface area contributed by atoms with E-state index in [-0.39, 0.29) is 29.9 Å². The van der Waals surface area contributed by atoms with Crippen LogP contribution in [-0.4, -0.2) is 36.0 Å². The van der Waals surface area contributed by atoms with Crippen LogP contribution in [0.15, 0.2) is 30.3 Å². The number of piperidine rings is 1. The SMILES string of the molecule is COC(=O)C1CC[C@@H]2CCC(c3ccccc3)C(=O)N12. The van der Waals surface area contributed by atoms with Gasteiger partial charge in [0.25, 0.3) is 0 Å². The highest BCUT2D eigenvalue weighted by Crippen LogP contribution is 2.38. The summed E-state index contributed by atoms with van der Waals surface area (Å²) < 4.78 is 4.84. The molecular formula is C16H19NO3. The molecule has 3 rings (SSSR count). The van der Waals surface area contributed by atoms with Crippen LogP contribution in [0.3, 0.4) is 0 Å². The number of carbonyl (C=O) groups is 2. The van der Waals surface area contributed by atoms with E-state index in [0.29, 0.717) is 0 Å². The molecule has 1 aromatic carbocycles. The molecule has 1 amide bonds. The second-order valence-corrected chi connectivity index (χ2v) is 5.56. The van der Waals surface area contributed by atoms with Crippen molar-refractivity contribution in [1.82, 2.24) is 4.90 Å². The van der Waals surface area contributed by atoms with E-state index in [0.717, 1.165) is 31.2 Å². The highest BCUT2D eigenvalue weighted by atomic mass is 16.5. The van der Waals surface area contributed by atoms with E-state index in [4.69, 9.17) is 4.74 Å². The maximum atomic E-state index is 12.8. The van der Waals surface area contributed by atoms with Crippen molar-refractivity contribution in [3.05, 3.63) is 35.9 Å². The van der Waals surface area contributed by atoms with Gasteiger partial charge in [-0.2, -0.15) is 0 Å². The number of nitrogens with zero attached hydrogens (tertiary/aromatic N) is 1. The van der Waals surface area contributed by atoms with Gasteiger partial charge in [-0.15, -0.1) is 0 Å². The van der Waals surface area contributed by atoms with Crippen molar-refractivity contribution in [3.63, 3.8) is 0 Å². The van der Waals surface area contributed by atoms with Gasteiger partial charge in [0, 0.05) is 6.04 Å². The van der Waals surface area contributed by atoms with Gasteiger partial charge in [0.15, 0.2) is 0 Å². The predicted octanol–water partition coefficient (Wildman–Crippen LogP) is 2.10. The number of fused-ring (bicyclic) bond motifs is 1. The third kappa shape index (κ3) is 2.09. The number of ether oxygens (including phenoxy) is 1. The molecule has 20 heavy (non-hydrogen) atoms. The Balaban J connectivity index is 1.86. The highest BCUT2D eigenvalue weighted by Gasteiger charge is 2.46. The maximum absolute atomic E-state index is 12.8. The summed E-state index contributed by atoms with van der Waals surface area (Å²) in [5.41, 5.74) is 1.05. The van der Waals surface area contributed by atoms with Gasteiger partial charge in [-0.25, -0.2) is 4.79 Å². The van der Waals surface area contributed by atoms with Crippen molar-refractivity contribution in [2.75, 3.05) is 7.11 Å². The molecule has 1 aromatic rings. The summed E-state index contributed by atoms with van der Waals surface area (Å²) in [4.78, 5) is 26.4. The fourth-order valence-corrected chi connectivity index (χ4v) is 3.52. The van der Waals surface area contributed by atoms with Gasteiger partial charge in [-0.1, -0.05) is 30.3 Å². The second kappa shape index (κ2) is 5.27. The monoisotopic (exact) mass is 273 g/mol. The van der Waals surface area contributed by atoms with Crippen LogP contribution in [0, 0.1) is 0 Å². The summed E-state index contributed by atoms with van der Waals surface area (Å²) in [6, 6.07) is 9.67. The quantitative estimate of drug-likeness (QED) is 0.775. The Bertz CT molecular complexity index is 514. The van der Waals surface area contributed by atoms with E-state index in [1.165, 1.54) is 7.11 Å². The van der Waals surface area contributed by atoms with E-state index in [9.17, 15) is 9.59 Å². The zero-order valence-electron chi connectivity index (χ0n) is 11.6. The lowest BCUT2D eigenvalue weighted by Gasteiger charge is -2.37. The zero-order chi connectivity index (χ0) is 14.1. The summed E-state index contributed by atoms with van der Waals surface area (Å²) in [5.74, 6) is -0.312. The Morgan fingerprint density at radius 2 is 1.85 bits per heavy atom. The lowest BCUT2D eigenvalue weighted by Crippen LogP contribution is -2.50. The topological polar surface area (TPSA) is 46.6 Å². The average Bonchev–Trinajstić information content (AvgIpc) is 2.92. The van der Waals surface area contributed by atoms with Gasteiger partial charge >= 0.3 is 5.97 Å². The molecule has 2 aliphatic rings. The van der Waals surface area contributed by atoms with Crippen molar-refractivity contribution in [2.45, 2.75) is 43.7 Å². The van der Waals surface area contributed by atoms with Gasteiger partial charge < -0.3 is 9.64 Å². The molecule has 0 bridgehead atoms. The molecule has 3 atom stereocenters. The number of rotatable bonds is 2. The Hall–Kier alpha value is -1.84. The number of amides is 1. The van der Waals surface area contributed by atoms with Crippen LogP contribution in [0.2, 0.25) is 0 Å². The number of methoxy groups -OCH3 is 1. The highest BCUT2D eigenvalue weighted by molar-refractivity contribution is 5.90. The molecule has 0 saturated carbocycles. The lowest BCUT2D eigenvalue weighted by atomic mass is 9.87. The largest absolute Gasteiger partial charge is 0.467 e. The minimum atomic E-state index is -0.385. The van der Waals surface area contributed by atoms with Crippen LogP contribution in [0.4, 0.5) is 0 Å². The third-order valence-corrected chi connectivity index (χ3v) is 4.52. The minimum Gasteiger partial charge on any atom is -0.467 e. The van der Waals surface area contributed by atoms with Gasteiger partial charge in [-0.3, -0.25) is 4.79 Å². The van der Waals surface area contributed by atoms with Crippen LogP contribution >= 0.6 is 0 Å². The van der Waals surface area contributed by atoms with Crippen LogP contribution in [0.1, 0.15) is 37.2 Å². The first kappa shape index (κ1) is 13.2. The Morgan fingerprint density at radius 3 is 2.55 bits per heavy atom. The Kier molecular flexibility index (Phi) is 3.47. The van der Waals surface area contributed by atoms with Crippen LogP contribution in [0.5, 0.6) is 0 Å². The molecule has 0 spiro atoms. The molecule has 4 heteroatoms. The van der Waals surface area contributed by atoms with Gasteiger partial charge in [-0.05, 0) is 31.2 Å². The van der Waals surface area contributed by atoms with Crippen LogP contribution in [-0.2, 0) is 14.3 Å². The van der Waals surface area contributed by atoms with E-state index >= 15 is 0 Å². The molecule has 2 aliphatic heterocycles. The molecular weight excluding hydrogens is 254 g/mol. The fourth-order valence-electron chi connectivity index (χ4n) is 3.52. The van der Waals surface area contributed by atoms with Crippen molar-refractivity contribution >= 4 is 11.9 Å². The molecule has 106 valence electrons. The average molecular weight is 273 g/mol. The number of carbonyl (C=O) groups excluding carboxylic acids is 2. The first-order valence-electron chi connectivity index (χ1n) is 7.17. The first-order chi connectivity index (χ1) is 9.72. The molecule has 2 saturated heterocycles. The molecule has 4 nitrogen and oxygen atoms in total. The summed E-state index contributed by atoms with van der Waals surface area (Å²) in [7, 11) is 1.39. The smallest absolute Gasteiger partial charge is 0.328 e. The fraction of sp³-hybridized carbons (Fsp3) is 0.500. The van der Waals surface area contributed by atoms with Gasteiger partial charge in [0.2, 0.25) is 5.91 Å². The lowest BCUT2D eigenvalue weighted by molar-refractivity contribution is -0.154. The van der Waals surface area contributed by atoms with Crippen LogP contribution in [0.25, 0.3) is 0 Å². The molecule has 0 radical (unpaired) electrons. The van der Waals surface area contributed by atoms with Crippen molar-refractivity contribution < 1.29 is 14.3 Å². The van der Waals surface area contributed by atoms with E-state index in [1.807, 2.05) is 30.3 Å². The zero-order valence-corrected chi connectivity index (χ0v) is 11.6. The number of hydrogen-bond donors (Lipinski definition) is 0. The summed E-state index contributed by atoms with van der Waals surface area (Å²) in [5, 5.41) is 0. The molecule has 0 N–H and O–H groups in total. The predicted molar refractivity (Wildman–Crippen MR) is 74.1 cm³/mol. The molecule has 2 heterocycles. The number of esters is 1.